The first-order valence-electron chi connectivity index (χ1n) is 7.88. The number of hydrogen-bond acceptors (Lipinski definition) is 5. The Hall–Kier alpha value is -2.11. The van der Waals surface area contributed by atoms with Crippen LogP contribution >= 0.6 is 0 Å². The molecule has 2 aromatic heterocycles. The molecule has 0 unspecified atom stereocenters. The molecule has 118 valence electrons. The van der Waals surface area contributed by atoms with Crippen molar-refractivity contribution in [2.24, 2.45) is 0 Å². The lowest BCUT2D eigenvalue weighted by Crippen LogP contribution is -2.38. The Morgan fingerprint density at radius 3 is 3.09 bits per heavy atom. The lowest BCUT2D eigenvalue weighted by Gasteiger charge is -2.32. The molecule has 3 heterocycles. The zero-order valence-corrected chi connectivity index (χ0v) is 13.0. The lowest BCUT2D eigenvalue weighted by atomic mass is 10.0. The molecule has 2 aromatic rings. The average molecular weight is 303 g/mol. The van der Waals surface area contributed by atoms with Gasteiger partial charge >= 0.3 is 0 Å². The molecule has 2 atom stereocenters. The predicted octanol–water partition coefficient (Wildman–Crippen LogP) is 3.54. The number of furan rings is 1. The molecule has 6 heteroatoms. The van der Waals surface area contributed by atoms with Crippen molar-refractivity contribution in [1.29, 1.82) is 0 Å². The third-order valence-corrected chi connectivity index (χ3v) is 4.29. The van der Waals surface area contributed by atoms with Crippen LogP contribution in [0.2, 0.25) is 0 Å². The van der Waals surface area contributed by atoms with Crippen molar-refractivity contribution >= 4 is 5.91 Å². The van der Waals surface area contributed by atoms with Gasteiger partial charge in [-0.3, -0.25) is 4.79 Å². The molecule has 0 spiro atoms. The highest BCUT2D eigenvalue weighted by molar-refractivity contribution is 5.91. The molecule has 0 bridgehead atoms. The highest BCUT2D eigenvalue weighted by Gasteiger charge is 2.33. The van der Waals surface area contributed by atoms with Crippen LogP contribution in [0.15, 0.2) is 27.3 Å². The fourth-order valence-electron chi connectivity index (χ4n) is 2.74. The van der Waals surface area contributed by atoms with E-state index < -0.39 is 0 Å². The van der Waals surface area contributed by atoms with E-state index in [1.54, 1.807) is 17.0 Å². The Labute approximate surface area is 129 Å². The van der Waals surface area contributed by atoms with E-state index in [0.717, 1.165) is 25.7 Å². The van der Waals surface area contributed by atoms with Gasteiger partial charge < -0.3 is 13.8 Å². The van der Waals surface area contributed by atoms with Gasteiger partial charge in [0, 0.05) is 12.5 Å². The molecule has 6 nitrogen and oxygen atoms in total. The summed E-state index contributed by atoms with van der Waals surface area (Å²) in [5, 5.41) is 4.07. The summed E-state index contributed by atoms with van der Waals surface area (Å²) >= 11 is 0. The largest absolute Gasteiger partial charge is 0.459 e. The van der Waals surface area contributed by atoms with Crippen LogP contribution in [0, 0.1) is 0 Å². The second-order valence-corrected chi connectivity index (χ2v) is 5.79. The summed E-state index contributed by atoms with van der Waals surface area (Å²) in [7, 11) is 0. The van der Waals surface area contributed by atoms with Crippen LogP contribution in [0.25, 0.3) is 0 Å². The van der Waals surface area contributed by atoms with Gasteiger partial charge in [0.1, 0.15) is 6.04 Å². The zero-order chi connectivity index (χ0) is 15.5. The third kappa shape index (κ3) is 2.77. The number of carbonyl (C=O) groups is 1. The molecular formula is C16H21N3O3. The van der Waals surface area contributed by atoms with E-state index in [9.17, 15) is 4.79 Å². The molecule has 1 saturated heterocycles. The van der Waals surface area contributed by atoms with E-state index in [0.29, 0.717) is 24.0 Å². The van der Waals surface area contributed by atoms with Crippen LogP contribution in [-0.4, -0.2) is 27.5 Å². The maximum Gasteiger partial charge on any atom is 0.290 e. The molecule has 3 rings (SSSR count). The lowest BCUT2D eigenvalue weighted by molar-refractivity contribution is 0.0529. The molecule has 22 heavy (non-hydrogen) atoms. The molecular weight excluding hydrogens is 282 g/mol. The number of likely N-dealkylation sites (tertiary alicyclic amines) is 1. The van der Waals surface area contributed by atoms with Crippen molar-refractivity contribution in [3.05, 3.63) is 35.9 Å². The van der Waals surface area contributed by atoms with Crippen LogP contribution in [0.1, 0.15) is 73.8 Å². The summed E-state index contributed by atoms with van der Waals surface area (Å²) < 4.78 is 10.7. The van der Waals surface area contributed by atoms with Gasteiger partial charge in [0.2, 0.25) is 5.89 Å². The minimum atomic E-state index is -0.156. The van der Waals surface area contributed by atoms with E-state index in [-0.39, 0.29) is 17.9 Å². The Morgan fingerprint density at radius 1 is 1.50 bits per heavy atom. The van der Waals surface area contributed by atoms with Gasteiger partial charge in [0.25, 0.3) is 5.91 Å². The highest BCUT2D eigenvalue weighted by atomic mass is 16.5. The molecule has 0 saturated carbocycles. The number of rotatable bonds is 4. The predicted molar refractivity (Wildman–Crippen MR) is 79.3 cm³/mol. The number of aromatic nitrogens is 2. The first kappa shape index (κ1) is 14.8. The van der Waals surface area contributed by atoms with E-state index >= 15 is 0 Å². The number of hydrogen-bond donors (Lipinski definition) is 0. The van der Waals surface area contributed by atoms with Crippen LogP contribution in [0.3, 0.4) is 0 Å². The summed E-state index contributed by atoms with van der Waals surface area (Å²) in [6.07, 6.45) is 5.34. The van der Waals surface area contributed by atoms with E-state index in [4.69, 9.17) is 8.94 Å². The van der Waals surface area contributed by atoms with Crippen molar-refractivity contribution in [2.75, 3.05) is 6.54 Å². The van der Waals surface area contributed by atoms with Crippen molar-refractivity contribution in [3.63, 3.8) is 0 Å². The van der Waals surface area contributed by atoms with Gasteiger partial charge in [-0.2, -0.15) is 4.98 Å². The molecule has 1 fully saturated rings. The quantitative estimate of drug-likeness (QED) is 0.863. The number of amides is 1. The van der Waals surface area contributed by atoms with Crippen molar-refractivity contribution in [1.82, 2.24) is 15.0 Å². The first-order valence-corrected chi connectivity index (χ1v) is 7.88. The Balaban J connectivity index is 1.83. The summed E-state index contributed by atoms with van der Waals surface area (Å²) in [5.74, 6) is 1.75. The van der Waals surface area contributed by atoms with Crippen molar-refractivity contribution in [2.45, 2.75) is 51.5 Å². The summed E-state index contributed by atoms with van der Waals surface area (Å²) in [4.78, 5) is 18.9. The third-order valence-electron chi connectivity index (χ3n) is 4.29. The monoisotopic (exact) mass is 303 g/mol. The summed E-state index contributed by atoms with van der Waals surface area (Å²) in [6.45, 7) is 4.85. The summed E-state index contributed by atoms with van der Waals surface area (Å²) in [5.41, 5.74) is 0. The molecule has 0 aliphatic carbocycles. The minimum Gasteiger partial charge on any atom is -0.459 e. The summed E-state index contributed by atoms with van der Waals surface area (Å²) in [6, 6.07) is 3.25. The molecule has 0 N–H and O–H groups in total. The van der Waals surface area contributed by atoms with Crippen LogP contribution in [0.5, 0.6) is 0 Å². The maximum absolute atomic E-state index is 12.6. The fourth-order valence-corrected chi connectivity index (χ4v) is 2.74. The van der Waals surface area contributed by atoms with Gasteiger partial charge in [0.15, 0.2) is 11.6 Å². The van der Waals surface area contributed by atoms with Crippen molar-refractivity contribution in [3.8, 4) is 0 Å². The highest BCUT2D eigenvalue weighted by Crippen LogP contribution is 2.32. The first-order chi connectivity index (χ1) is 10.7. The Kier molecular flexibility index (Phi) is 4.27. The molecule has 0 radical (unpaired) electrons. The molecule has 0 aromatic carbocycles. The topological polar surface area (TPSA) is 72.4 Å². The fraction of sp³-hybridized carbons (Fsp3) is 0.562. The SMILES string of the molecule is CC[C@@H](C)c1noc([C@@H]2CCCCN2C(=O)c2ccco2)n1. The average Bonchev–Trinajstić information content (AvgIpc) is 3.25. The van der Waals surface area contributed by atoms with Gasteiger partial charge in [-0.25, -0.2) is 0 Å². The smallest absolute Gasteiger partial charge is 0.290 e. The second kappa shape index (κ2) is 6.34. The number of carbonyl (C=O) groups excluding carboxylic acids is 1. The molecule has 1 amide bonds. The molecule has 1 aliphatic rings. The number of piperidine rings is 1. The number of nitrogens with zero attached hydrogens (tertiary/aromatic N) is 3. The normalized spacial score (nSPS) is 20.1. The van der Waals surface area contributed by atoms with E-state index in [1.807, 2.05) is 0 Å². The van der Waals surface area contributed by atoms with Crippen LogP contribution in [-0.2, 0) is 0 Å². The standard InChI is InChI=1S/C16H21N3O3/c1-3-11(2)14-17-15(22-18-14)12-7-4-5-9-19(12)16(20)13-8-6-10-21-13/h6,8,10-12H,3-5,7,9H2,1-2H3/t11-,12+/m1/s1. The Bertz CT molecular complexity index is 620. The van der Waals surface area contributed by atoms with Crippen molar-refractivity contribution < 1.29 is 13.7 Å². The van der Waals surface area contributed by atoms with E-state index in [1.165, 1.54) is 6.26 Å². The minimum absolute atomic E-state index is 0.113. The molecule has 1 aliphatic heterocycles. The van der Waals surface area contributed by atoms with E-state index in [2.05, 4.69) is 24.0 Å². The van der Waals surface area contributed by atoms with Gasteiger partial charge in [0.05, 0.1) is 6.26 Å². The maximum atomic E-state index is 12.6. The van der Waals surface area contributed by atoms with Gasteiger partial charge in [-0.15, -0.1) is 0 Å². The zero-order valence-electron chi connectivity index (χ0n) is 13.0. The van der Waals surface area contributed by atoms with Crippen LogP contribution < -0.4 is 0 Å². The Morgan fingerprint density at radius 2 is 2.36 bits per heavy atom. The second-order valence-electron chi connectivity index (χ2n) is 5.79. The van der Waals surface area contributed by atoms with Crippen LogP contribution in [0.4, 0.5) is 0 Å². The van der Waals surface area contributed by atoms with Gasteiger partial charge in [-0.1, -0.05) is 19.0 Å². The van der Waals surface area contributed by atoms with Gasteiger partial charge in [-0.05, 0) is 37.8 Å².